The SMILES string of the molecule is CCCCCCCc1ccc([C@H]2CC[C@H](CC(C#N)[C@H]3CC[C@H](CCCCC)CC3)CC2)cc1. The lowest BCUT2D eigenvalue weighted by atomic mass is 9.70. The molecular weight excluding hydrogens is 410 g/mol. The minimum Gasteiger partial charge on any atom is -0.198 e. The standard InChI is InChI=1S/C33H53N/c1-3-5-7-8-10-12-28-13-19-30(20-14-28)31-23-17-29(18-24-31)25-33(26-34)32-21-15-27(16-22-32)11-9-6-4-2/h13-14,19-20,27,29,31-33H,3-12,15-18,21-25H2,1-2H3/t27-,29-,31-,32-,33?. The van der Waals surface area contributed by atoms with Gasteiger partial charge in [0.2, 0.25) is 0 Å². The lowest BCUT2D eigenvalue weighted by molar-refractivity contribution is 0.187. The Morgan fingerprint density at radius 3 is 2.00 bits per heavy atom. The quantitative estimate of drug-likeness (QED) is 0.252. The molecule has 3 rings (SSSR count). The Bertz CT molecular complexity index is 682. The van der Waals surface area contributed by atoms with Crippen molar-refractivity contribution >= 4 is 0 Å². The molecule has 1 unspecified atom stereocenters. The number of aryl methyl sites for hydroxylation is 1. The number of benzene rings is 1. The number of hydrogen-bond donors (Lipinski definition) is 0. The summed E-state index contributed by atoms with van der Waals surface area (Å²) in [7, 11) is 0. The minimum atomic E-state index is 0.315. The second-order valence-electron chi connectivity index (χ2n) is 11.9. The van der Waals surface area contributed by atoms with Gasteiger partial charge in [-0.3, -0.25) is 0 Å². The first-order valence-electron chi connectivity index (χ1n) is 15.2. The molecular formula is C33H53N. The highest BCUT2D eigenvalue weighted by molar-refractivity contribution is 5.26. The normalized spacial score (nSPS) is 26.1. The van der Waals surface area contributed by atoms with Crippen LogP contribution in [0.15, 0.2) is 24.3 Å². The molecule has 0 spiro atoms. The van der Waals surface area contributed by atoms with Crippen LogP contribution in [-0.4, -0.2) is 0 Å². The summed E-state index contributed by atoms with van der Waals surface area (Å²) in [5, 5.41) is 9.96. The molecule has 2 aliphatic carbocycles. The maximum absolute atomic E-state index is 9.96. The molecule has 0 radical (unpaired) electrons. The van der Waals surface area contributed by atoms with Crippen LogP contribution in [0.4, 0.5) is 0 Å². The van der Waals surface area contributed by atoms with Gasteiger partial charge < -0.3 is 0 Å². The molecule has 1 aromatic rings. The monoisotopic (exact) mass is 463 g/mol. The molecule has 1 heteroatoms. The lowest BCUT2D eigenvalue weighted by Gasteiger charge is -2.34. The van der Waals surface area contributed by atoms with Crippen molar-refractivity contribution in [3.63, 3.8) is 0 Å². The highest BCUT2D eigenvalue weighted by atomic mass is 14.4. The molecule has 1 atom stereocenters. The van der Waals surface area contributed by atoms with E-state index in [0.29, 0.717) is 11.8 Å². The average molecular weight is 464 g/mol. The predicted octanol–water partition coefficient (Wildman–Crippen LogP) is 10.4. The smallest absolute Gasteiger partial charge is 0.0658 e. The van der Waals surface area contributed by atoms with Gasteiger partial charge in [-0.05, 0) is 92.6 Å². The highest BCUT2D eigenvalue weighted by Crippen LogP contribution is 2.42. The number of unbranched alkanes of at least 4 members (excludes halogenated alkanes) is 6. The Kier molecular flexibility index (Phi) is 12.6. The van der Waals surface area contributed by atoms with Gasteiger partial charge in [-0.1, -0.05) is 102 Å². The van der Waals surface area contributed by atoms with Crippen molar-refractivity contribution in [1.29, 1.82) is 5.26 Å². The molecule has 0 heterocycles. The van der Waals surface area contributed by atoms with E-state index in [4.69, 9.17) is 0 Å². The Morgan fingerprint density at radius 2 is 1.35 bits per heavy atom. The number of rotatable bonds is 14. The highest BCUT2D eigenvalue weighted by Gasteiger charge is 2.31. The Morgan fingerprint density at radius 1 is 0.735 bits per heavy atom. The van der Waals surface area contributed by atoms with Crippen molar-refractivity contribution in [2.45, 2.75) is 142 Å². The molecule has 2 aliphatic rings. The summed E-state index contributed by atoms with van der Waals surface area (Å²) < 4.78 is 0. The summed E-state index contributed by atoms with van der Waals surface area (Å²) in [5.41, 5.74) is 3.08. The van der Waals surface area contributed by atoms with E-state index in [1.54, 1.807) is 5.56 Å². The van der Waals surface area contributed by atoms with Crippen molar-refractivity contribution in [1.82, 2.24) is 0 Å². The number of hydrogen-bond acceptors (Lipinski definition) is 1. The topological polar surface area (TPSA) is 23.8 Å². The minimum absolute atomic E-state index is 0.315. The molecule has 2 saturated carbocycles. The van der Waals surface area contributed by atoms with Gasteiger partial charge in [0.1, 0.15) is 0 Å². The number of nitrogens with zero attached hydrogens (tertiary/aromatic N) is 1. The largest absolute Gasteiger partial charge is 0.198 e. The van der Waals surface area contributed by atoms with Crippen LogP contribution >= 0.6 is 0 Å². The van der Waals surface area contributed by atoms with Gasteiger partial charge in [0.15, 0.2) is 0 Å². The van der Waals surface area contributed by atoms with Gasteiger partial charge in [0.25, 0.3) is 0 Å². The van der Waals surface area contributed by atoms with Crippen LogP contribution in [0.5, 0.6) is 0 Å². The third-order valence-corrected chi connectivity index (χ3v) is 9.30. The molecule has 0 aromatic heterocycles. The molecule has 0 amide bonds. The van der Waals surface area contributed by atoms with E-state index < -0.39 is 0 Å². The van der Waals surface area contributed by atoms with Gasteiger partial charge in [-0.15, -0.1) is 0 Å². The third kappa shape index (κ3) is 9.06. The van der Waals surface area contributed by atoms with E-state index in [1.807, 2.05) is 0 Å². The molecule has 34 heavy (non-hydrogen) atoms. The van der Waals surface area contributed by atoms with Crippen molar-refractivity contribution in [3.8, 4) is 6.07 Å². The fourth-order valence-corrected chi connectivity index (χ4v) is 6.89. The lowest BCUT2D eigenvalue weighted by Crippen LogP contribution is -2.24. The molecule has 0 saturated heterocycles. The van der Waals surface area contributed by atoms with E-state index in [-0.39, 0.29) is 0 Å². The first kappa shape index (κ1) is 27.3. The first-order chi connectivity index (χ1) is 16.7. The zero-order valence-corrected chi connectivity index (χ0v) is 22.6. The van der Waals surface area contributed by atoms with E-state index in [2.05, 4.69) is 44.2 Å². The first-order valence-corrected chi connectivity index (χ1v) is 15.2. The summed E-state index contributed by atoms with van der Waals surface area (Å²) in [6.45, 7) is 4.59. The van der Waals surface area contributed by atoms with Crippen molar-refractivity contribution < 1.29 is 0 Å². The fourth-order valence-electron chi connectivity index (χ4n) is 6.89. The van der Waals surface area contributed by atoms with Crippen LogP contribution in [0.25, 0.3) is 0 Å². The zero-order chi connectivity index (χ0) is 24.0. The Hall–Kier alpha value is -1.29. The van der Waals surface area contributed by atoms with Crippen LogP contribution in [0, 0.1) is 35.0 Å². The van der Waals surface area contributed by atoms with Gasteiger partial charge in [-0.25, -0.2) is 0 Å². The zero-order valence-electron chi connectivity index (χ0n) is 22.6. The number of nitriles is 1. The van der Waals surface area contributed by atoms with Crippen LogP contribution in [-0.2, 0) is 6.42 Å². The molecule has 0 aliphatic heterocycles. The molecule has 0 N–H and O–H groups in total. The summed E-state index contributed by atoms with van der Waals surface area (Å²) in [4.78, 5) is 0. The predicted molar refractivity (Wildman–Crippen MR) is 147 cm³/mol. The summed E-state index contributed by atoms with van der Waals surface area (Å²) in [6.07, 6.45) is 25.5. The molecule has 1 aromatic carbocycles. The Labute approximate surface area is 212 Å². The fraction of sp³-hybridized carbons (Fsp3) is 0.788. The van der Waals surface area contributed by atoms with Gasteiger partial charge in [-0.2, -0.15) is 5.26 Å². The average Bonchev–Trinajstić information content (AvgIpc) is 2.89. The van der Waals surface area contributed by atoms with Crippen molar-refractivity contribution in [2.24, 2.45) is 23.7 Å². The molecule has 2 fully saturated rings. The second-order valence-corrected chi connectivity index (χ2v) is 11.9. The van der Waals surface area contributed by atoms with Crippen molar-refractivity contribution in [2.75, 3.05) is 0 Å². The van der Waals surface area contributed by atoms with Crippen LogP contribution in [0.3, 0.4) is 0 Å². The van der Waals surface area contributed by atoms with Crippen LogP contribution < -0.4 is 0 Å². The summed E-state index contributed by atoms with van der Waals surface area (Å²) in [5.74, 6) is 3.47. The van der Waals surface area contributed by atoms with E-state index in [0.717, 1.165) is 17.8 Å². The molecule has 190 valence electrons. The second kappa shape index (κ2) is 15.7. The van der Waals surface area contributed by atoms with Crippen molar-refractivity contribution in [3.05, 3.63) is 35.4 Å². The van der Waals surface area contributed by atoms with Gasteiger partial charge in [0, 0.05) is 5.92 Å². The van der Waals surface area contributed by atoms with E-state index in [1.165, 1.54) is 128 Å². The van der Waals surface area contributed by atoms with Crippen LogP contribution in [0.1, 0.15) is 146 Å². The summed E-state index contributed by atoms with van der Waals surface area (Å²) >= 11 is 0. The maximum atomic E-state index is 9.96. The van der Waals surface area contributed by atoms with Crippen LogP contribution in [0.2, 0.25) is 0 Å². The van der Waals surface area contributed by atoms with Gasteiger partial charge >= 0.3 is 0 Å². The maximum Gasteiger partial charge on any atom is 0.0658 e. The van der Waals surface area contributed by atoms with Gasteiger partial charge in [0.05, 0.1) is 6.07 Å². The van der Waals surface area contributed by atoms with E-state index in [9.17, 15) is 5.26 Å². The summed E-state index contributed by atoms with van der Waals surface area (Å²) in [6, 6.07) is 12.4. The van der Waals surface area contributed by atoms with E-state index >= 15 is 0 Å². The Balaban J connectivity index is 1.36. The third-order valence-electron chi connectivity index (χ3n) is 9.30. The molecule has 1 nitrogen and oxygen atoms in total. The molecule has 0 bridgehead atoms.